The maximum atomic E-state index is 11.4. The van der Waals surface area contributed by atoms with Crippen LogP contribution < -0.4 is 0 Å². The number of hydrogen-bond acceptors (Lipinski definition) is 2. The van der Waals surface area contributed by atoms with Gasteiger partial charge in [0.1, 0.15) is 0 Å². The van der Waals surface area contributed by atoms with Gasteiger partial charge in [0.15, 0.2) is 0 Å². The van der Waals surface area contributed by atoms with Crippen LogP contribution in [0.4, 0.5) is 0 Å². The molecule has 24 heavy (non-hydrogen) atoms. The summed E-state index contributed by atoms with van der Waals surface area (Å²) in [6.07, 6.45) is 7.22. The highest BCUT2D eigenvalue weighted by Gasteiger charge is 2.14. The molecule has 0 unspecified atom stereocenters. The summed E-state index contributed by atoms with van der Waals surface area (Å²) in [6.45, 7) is 2.21. The Morgan fingerprint density at radius 1 is 0.833 bits per heavy atom. The van der Waals surface area contributed by atoms with E-state index in [0.29, 0.717) is 12.0 Å². The van der Waals surface area contributed by atoms with Crippen LogP contribution in [0.5, 0.6) is 0 Å². The van der Waals surface area contributed by atoms with Gasteiger partial charge in [0, 0.05) is 0 Å². The maximum Gasteiger partial charge on any atom is 0.294 e. The van der Waals surface area contributed by atoms with E-state index in [1.165, 1.54) is 36.5 Å². The molecule has 0 heterocycles. The fourth-order valence-corrected chi connectivity index (χ4v) is 3.72. The molecule has 0 fully saturated rings. The molecular formula is C20H26O3S. The monoisotopic (exact) mass is 346 g/mol. The van der Waals surface area contributed by atoms with Gasteiger partial charge in [0.25, 0.3) is 10.1 Å². The molecule has 0 bridgehead atoms. The molecule has 0 spiro atoms. The van der Waals surface area contributed by atoms with Crippen LogP contribution >= 0.6 is 0 Å². The molecule has 3 nitrogen and oxygen atoms in total. The summed E-state index contributed by atoms with van der Waals surface area (Å²) >= 11 is 0. The molecule has 2 rings (SSSR count). The molecule has 130 valence electrons. The largest absolute Gasteiger partial charge is 0.294 e. The van der Waals surface area contributed by atoms with E-state index in [9.17, 15) is 13.0 Å². The Balaban J connectivity index is 1.94. The second kappa shape index (κ2) is 9.00. The van der Waals surface area contributed by atoms with E-state index in [1.54, 1.807) is 18.2 Å². The zero-order chi connectivity index (χ0) is 17.4. The van der Waals surface area contributed by atoms with Gasteiger partial charge >= 0.3 is 0 Å². The van der Waals surface area contributed by atoms with Crippen molar-refractivity contribution < 1.29 is 13.0 Å². The van der Waals surface area contributed by atoms with E-state index in [4.69, 9.17) is 0 Å². The first-order valence-electron chi connectivity index (χ1n) is 8.64. The zero-order valence-corrected chi connectivity index (χ0v) is 15.1. The van der Waals surface area contributed by atoms with Crippen molar-refractivity contribution in [3.8, 4) is 0 Å². The number of benzene rings is 2. The highest BCUT2D eigenvalue weighted by atomic mass is 32.2. The molecule has 2 aromatic rings. The third kappa shape index (κ3) is 5.77. The third-order valence-electron chi connectivity index (χ3n) is 4.22. The first-order chi connectivity index (χ1) is 11.5. The Hall–Kier alpha value is -1.65. The minimum absolute atomic E-state index is 0.0262. The maximum absolute atomic E-state index is 11.4. The van der Waals surface area contributed by atoms with Crippen molar-refractivity contribution in [2.24, 2.45) is 0 Å². The fourth-order valence-electron chi connectivity index (χ4n) is 2.96. The lowest BCUT2D eigenvalue weighted by Gasteiger charge is -2.08. The van der Waals surface area contributed by atoms with Gasteiger partial charge in [-0.15, -0.1) is 0 Å². The van der Waals surface area contributed by atoms with E-state index in [2.05, 4.69) is 31.2 Å². The molecule has 2 aromatic carbocycles. The second-order valence-corrected chi connectivity index (χ2v) is 7.60. The van der Waals surface area contributed by atoms with Gasteiger partial charge in [-0.05, 0) is 54.9 Å². The normalized spacial score (nSPS) is 11.6. The lowest BCUT2D eigenvalue weighted by Crippen LogP contribution is -2.03. The number of hydrogen-bond donors (Lipinski definition) is 1. The van der Waals surface area contributed by atoms with Gasteiger partial charge < -0.3 is 0 Å². The van der Waals surface area contributed by atoms with Crippen LogP contribution in [0.3, 0.4) is 0 Å². The summed E-state index contributed by atoms with van der Waals surface area (Å²) < 4.78 is 32.1. The van der Waals surface area contributed by atoms with Crippen LogP contribution in [0, 0.1) is 0 Å². The van der Waals surface area contributed by atoms with Crippen LogP contribution in [-0.4, -0.2) is 13.0 Å². The molecule has 0 aliphatic carbocycles. The molecule has 0 aliphatic rings. The molecule has 0 radical (unpaired) electrons. The lowest BCUT2D eigenvalue weighted by molar-refractivity contribution is 0.482. The lowest BCUT2D eigenvalue weighted by atomic mass is 10.00. The molecule has 0 aromatic heterocycles. The highest BCUT2D eigenvalue weighted by Crippen LogP contribution is 2.18. The second-order valence-electron chi connectivity index (χ2n) is 6.21. The molecular weight excluding hydrogens is 320 g/mol. The Labute approximate surface area is 145 Å². The van der Waals surface area contributed by atoms with Crippen molar-refractivity contribution in [3.63, 3.8) is 0 Å². The summed E-state index contributed by atoms with van der Waals surface area (Å²) in [7, 11) is -4.15. The summed E-state index contributed by atoms with van der Waals surface area (Å²) in [5.74, 6) is 0. The molecule has 0 amide bonds. The predicted molar refractivity (Wildman–Crippen MR) is 98.0 cm³/mol. The SMILES string of the molecule is CCCCCc1cccc(CCCc2ccccc2S(=O)(=O)O)c1. The van der Waals surface area contributed by atoms with Gasteiger partial charge in [-0.1, -0.05) is 62.2 Å². The average Bonchev–Trinajstić information content (AvgIpc) is 2.55. The fraction of sp³-hybridized carbons (Fsp3) is 0.400. The van der Waals surface area contributed by atoms with E-state index in [1.807, 2.05) is 0 Å². The van der Waals surface area contributed by atoms with Gasteiger partial charge in [-0.3, -0.25) is 4.55 Å². The summed E-state index contributed by atoms with van der Waals surface area (Å²) in [6, 6.07) is 15.3. The van der Waals surface area contributed by atoms with Crippen molar-refractivity contribution in [2.75, 3.05) is 0 Å². The van der Waals surface area contributed by atoms with E-state index in [-0.39, 0.29) is 4.90 Å². The van der Waals surface area contributed by atoms with Crippen molar-refractivity contribution in [3.05, 3.63) is 65.2 Å². The van der Waals surface area contributed by atoms with Gasteiger partial charge in [0.05, 0.1) is 4.90 Å². The first kappa shape index (κ1) is 18.7. The Bertz CT molecular complexity index is 751. The zero-order valence-electron chi connectivity index (χ0n) is 14.2. The summed E-state index contributed by atoms with van der Waals surface area (Å²) in [5, 5.41) is 0. The Kier molecular flexibility index (Phi) is 7.00. The molecule has 0 aliphatic heterocycles. The molecule has 1 N–H and O–H groups in total. The third-order valence-corrected chi connectivity index (χ3v) is 5.18. The molecule has 0 atom stereocenters. The standard InChI is InChI=1S/C20H26O3S/c1-2-3-4-9-17-10-7-11-18(16-17)12-8-14-19-13-5-6-15-20(19)24(21,22)23/h5-7,10-11,13,15-16H,2-4,8-9,12,14H2,1H3,(H,21,22,23). The quantitative estimate of drug-likeness (QED) is 0.522. The molecule has 0 saturated heterocycles. The molecule has 4 heteroatoms. The number of unbranched alkanes of at least 4 members (excludes halogenated alkanes) is 2. The predicted octanol–water partition coefficient (Wildman–Crippen LogP) is 4.84. The van der Waals surface area contributed by atoms with Crippen LogP contribution in [0.15, 0.2) is 53.4 Å². The Morgan fingerprint density at radius 3 is 2.17 bits per heavy atom. The highest BCUT2D eigenvalue weighted by molar-refractivity contribution is 7.85. The van der Waals surface area contributed by atoms with Crippen LogP contribution in [0.1, 0.15) is 49.3 Å². The molecule has 0 saturated carbocycles. The van der Waals surface area contributed by atoms with Crippen molar-refractivity contribution in [1.82, 2.24) is 0 Å². The smallest absolute Gasteiger partial charge is 0.282 e. The van der Waals surface area contributed by atoms with Gasteiger partial charge in [-0.25, -0.2) is 0 Å². The van der Waals surface area contributed by atoms with Crippen LogP contribution in [0.2, 0.25) is 0 Å². The minimum Gasteiger partial charge on any atom is -0.282 e. The van der Waals surface area contributed by atoms with Crippen molar-refractivity contribution in [1.29, 1.82) is 0 Å². The van der Waals surface area contributed by atoms with Crippen LogP contribution in [0.25, 0.3) is 0 Å². The van der Waals surface area contributed by atoms with Crippen LogP contribution in [-0.2, 0) is 29.4 Å². The average molecular weight is 346 g/mol. The summed E-state index contributed by atoms with van der Waals surface area (Å²) in [4.78, 5) is 0.0262. The van der Waals surface area contributed by atoms with E-state index in [0.717, 1.165) is 19.3 Å². The topological polar surface area (TPSA) is 54.4 Å². The first-order valence-corrected chi connectivity index (χ1v) is 10.1. The van der Waals surface area contributed by atoms with Crippen molar-refractivity contribution >= 4 is 10.1 Å². The van der Waals surface area contributed by atoms with E-state index >= 15 is 0 Å². The van der Waals surface area contributed by atoms with Gasteiger partial charge in [0.2, 0.25) is 0 Å². The Morgan fingerprint density at radius 2 is 1.50 bits per heavy atom. The van der Waals surface area contributed by atoms with E-state index < -0.39 is 10.1 Å². The number of rotatable bonds is 9. The summed E-state index contributed by atoms with van der Waals surface area (Å²) in [5.41, 5.74) is 3.34. The minimum atomic E-state index is -4.15. The number of aryl methyl sites for hydroxylation is 3. The van der Waals surface area contributed by atoms with Crippen molar-refractivity contribution in [2.45, 2.75) is 56.8 Å². The van der Waals surface area contributed by atoms with Gasteiger partial charge in [-0.2, -0.15) is 8.42 Å².